The largest absolute Gasteiger partial charge is 0.268 e. The van der Waals surface area contributed by atoms with Crippen LogP contribution in [0.5, 0.6) is 0 Å². The van der Waals surface area contributed by atoms with Crippen molar-refractivity contribution in [2.75, 3.05) is 0 Å². The molecule has 0 atom stereocenters. The van der Waals surface area contributed by atoms with Gasteiger partial charge in [0.2, 0.25) is 0 Å². The predicted octanol–water partition coefficient (Wildman–Crippen LogP) is 5.86. The molecule has 0 radical (unpaired) electrons. The first-order valence-electron chi connectivity index (χ1n) is 7.60. The van der Waals surface area contributed by atoms with Crippen molar-refractivity contribution in [1.82, 2.24) is 3.97 Å². The topological polar surface area (TPSA) is 39.1 Å². The molecule has 0 aliphatic carbocycles. The van der Waals surface area contributed by atoms with Crippen LogP contribution in [0.15, 0.2) is 74.5 Å². The van der Waals surface area contributed by atoms with Crippen LogP contribution in [-0.2, 0) is 10.0 Å². The summed E-state index contributed by atoms with van der Waals surface area (Å²) in [5, 5.41) is 1.79. The number of aromatic nitrogens is 1. The van der Waals surface area contributed by atoms with Crippen molar-refractivity contribution in [1.29, 1.82) is 0 Å². The number of rotatable bonds is 2. The van der Waals surface area contributed by atoms with Gasteiger partial charge in [-0.25, -0.2) is 12.4 Å². The van der Waals surface area contributed by atoms with Crippen molar-refractivity contribution in [3.05, 3.63) is 75.2 Å². The van der Waals surface area contributed by atoms with Crippen LogP contribution in [0.2, 0.25) is 0 Å². The number of hydrogen-bond donors (Lipinski definition) is 0. The number of fused-ring (bicyclic) bond motifs is 3. The molecule has 25 heavy (non-hydrogen) atoms. The Morgan fingerprint density at radius 2 is 1.60 bits per heavy atom. The zero-order chi connectivity index (χ0) is 17.8. The molecule has 0 fully saturated rings. The number of hydrogen-bond acceptors (Lipinski definition) is 2. The van der Waals surface area contributed by atoms with E-state index in [4.69, 9.17) is 0 Å². The van der Waals surface area contributed by atoms with Gasteiger partial charge in [0.25, 0.3) is 10.0 Å². The van der Waals surface area contributed by atoms with Crippen molar-refractivity contribution >= 4 is 63.7 Å². The highest BCUT2D eigenvalue weighted by Gasteiger charge is 2.24. The molecule has 6 heteroatoms. The van der Waals surface area contributed by atoms with Gasteiger partial charge in [0.1, 0.15) is 0 Å². The molecule has 4 aromatic rings. The molecule has 0 amide bonds. The van der Waals surface area contributed by atoms with Crippen molar-refractivity contribution in [3.63, 3.8) is 0 Å². The number of aryl methyl sites for hydroxylation is 1. The quantitative estimate of drug-likeness (QED) is 0.361. The Hall–Kier alpha value is -1.63. The standard InChI is InChI=1S/C19H13Br2NO2S/c1-12-5-8-14(9-6-12)25(23,24)22-18-11-13(20)7-10-15(18)16-3-2-4-17(21)19(16)22/h2-11H,1H3. The summed E-state index contributed by atoms with van der Waals surface area (Å²) in [6.07, 6.45) is 0. The molecule has 0 saturated carbocycles. The minimum atomic E-state index is -3.74. The summed E-state index contributed by atoms with van der Waals surface area (Å²) in [5.74, 6) is 0. The summed E-state index contributed by atoms with van der Waals surface area (Å²) in [6.45, 7) is 1.94. The molecule has 126 valence electrons. The second kappa shape index (κ2) is 5.97. The molecular formula is C19H13Br2NO2S. The molecule has 0 N–H and O–H groups in total. The second-order valence-electron chi connectivity index (χ2n) is 5.88. The number of para-hydroxylation sites is 1. The van der Waals surface area contributed by atoms with E-state index in [1.807, 2.05) is 55.5 Å². The first-order valence-corrected chi connectivity index (χ1v) is 10.6. The molecule has 1 heterocycles. The molecular weight excluding hydrogens is 466 g/mol. The third-order valence-corrected chi connectivity index (χ3v) is 7.08. The van der Waals surface area contributed by atoms with Gasteiger partial charge in [0, 0.05) is 19.7 Å². The Bertz CT molecular complexity index is 1230. The third-order valence-electron chi connectivity index (χ3n) is 4.22. The molecule has 0 saturated heterocycles. The Labute approximate surface area is 162 Å². The highest BCUT2D eigenvalue weighted by Crippen LogP contribution is 2.37. The molecule has 0 spiro atoms. The highest BCUT2D eigenvalue weighted by molar-refractivity contribution is 9.11. The fourth-order valence-corrected chi connectivity index (χ4v) is 5.57. The lowest BCUT2D eigenvalue weighted by molar-refractivity contribution is 0.590. The maximum absolute atomic E-state index is 13.4. The van der Waals surface area contributed by atoms with E-state index >= 15 is 0 Å². The molecule has 3 nitrogen and oxygen atoms in total. The van der Waals surface area contributed by atoms with Crippen LogP contribution in [0.1, 0.15) is 5.56 Å². The molecule has 4 rings (SSSR count). The zero-order valence-electron chi connectivity index (χ0n) is 13.2. The van der Waals surface area contributed by atoms with Crippen molar-refractivity contribution in [3.8, 4) is 0 Å². The fraction of sp³-hybridized carbons (Fsp3) is 0.0526. The third kappa shape index (κ3) is 2.63. The van der Waals surface area contributed by atoms with E-state index in [9.17, 15) is 8.42 Å². The molecule has 0 unspecified atom stereocenters. The SMILES string of the molecule is Cc1ccc(S(=O)(=O)n2c3cc(Br)ccc3c3cccc(Br)c32)cc1. The van der Waals surface area contributed by atoms with Crippen molar-refractivity contribution < 1.29 is 8.42 Å². The summed E-state index contributed by atoms with van der Waals surface area (Å²) in [7, 11) is -3.74. The summed E-state index contributed by atoms with van der Waals surface area (Å²) in [6, 6.07) is 18.3. The lowest BCUT2D eigenvalue weighted by atomic mass is 10.2. The smallest absolute Gasteiger partial charge is 0.232 e. The predicted molar refractivity (Wildman–Crippen MR) is 109 cm³/mol. The van der Waals surface area contributed by atoms with Gasteiger partial charge in [-0.3, -0.25) is 0 Å². The van der Waals surface area contributed by atoms with Gasteiger partial charge in [0.05, 0.1) is 15.9 Å². The molecule has 0 aliphatic heterocycles. The lowest BCUT2D eigenvalue weighted by Gasteiger charge is -2.10. The van der Waals surface area contributed by atoms with E-state index in [0.29, 0.717) is 11.0 Å². The summed E-state index contributed by atoms with van der Waals surface area (Å²) in [5.41, 5.74) is 2.32. The van der Waals surface area contributed by atoms with Gasteiger partial charge in [-0.05, 0) is 53.2 Å². The average molecular weight is 479 g/mol. The molecule has 3 aromatic carbocycles. The first-order chi connectivity index (χ1) is 11.9. The van der Waals surface area contributed by atoms with Crippen LogP contribution in [0.4, 0.5) is 0 Å². The summed E-state index contributed by atoms with van der Waals surface area (Å²) in [4.78, 5) is 0.271. The Kier molecular flexibility index (Phi) is 4.02. The number of nitrogens with zero attached hydrogens (tertiary/aromatic N) is 1. The highest BCUT2D eigenvalue weighted by atomic mass is 79.9. The van der Waals surface area contributed by atoms with Gasteiger partial charge in [-0.15, -0.1) is 0 Å². The van der Waals surface area contributed by atoms with Crippen LogP contribution in [-0.4, -0.2) is 12.4 Å². The monoisotopic (exact) mass is 477 g/mol. The molecule has 0 aliphatic rings. The summed E-state index contributed by atoms with van der Waals surface area (Å²) >= 11 is 6.98. The van der Waals surface area contributed by atoms with E-state index < -0.39 is 10.0 Å². The minimum absolute atomic E-state index is 0.271. The van der Waals surface area contributed by atoms with Gasteiger partial charge in [-0.2, -0.15) is 0 Å². The maximum atomic E-state index is 13.4. The minimum Gasteiger partial charge on any atom is -0.232 e. The van der Waals surface area contributed by atoms with E-state index in [2.05, 4.69) is 31.9 Å². The average Bonchev–Trinajstić information content (AvgIpc) is 2.91. The van der Waals surface area contributed by atoms with Crippen LogP contribution < -0.4 is 0 Å². The van der Waals surface area contributed by atoms with E-state index in [1.165, 1.54) is 3.97 Å². The van der Waals surface area contributed by atoms with E-state index in [1.54, 1.807) is 12.1 Å². The van der Waals surface area contributed by atoms with Crippen LogP contribution >= 0.6 is 31.9 Å². The van der Waals surface area contributed by atoms with Gasteiger partial charge >= 0.3 is 0 Å². The summed E-state index contributed by atoms with van der Waals surface area (Å²) < 4.78 is 29.9. The van der Waals surface area contributed by atoms with Crippen LogP contribution in [0, 0.1) is 6.92 Å². The van der Waals surface area contributed by atoms with Gasteiger partial charge in [0.15, 0.2) is 0 Å². The fourth-order valence-electron chi connectivity index (χ4n) is 3.03. The van der Waals surface area contributed by atoms with Crippen LogP contribution in [0.3, 0.4) is 0 Å². The van der Waals surface area contributed by atoms with E-state index in [-0.39, 0.29) is 4.90 Å². The van der Waals surface area contributed by atoms with Crippen molar-refractivity contribution in [2.24, 2.45) is 0 Å². The molecule has 0 bridgehead atoms. The Morgan fingerprint density at radius 1 is 0.880 bits per heavy atom. The Balaban J connectivity index is 2.19. The molecule has 1 aromatic heterocycles. The maximum Gasteiger partial charge on any atom is 0.268 e. The second-order valence-corrected chi connectivity index (χ2v) is 9.44. The number of benzene rings is 3. The number of halogens is 2. The van der Waals surface area contributed by atoms with E-state index in [0.717, 1.165) is 25.3 Å². The lowest BCUT2D eigenvalue weighted by Crippen LogP contribution is -2.13. The normalized spacial score (nSPS) is 12.1. The van der Waals surface area contributed by atoms with Gasteiger partial charge < -0.3 is 0 Å². The van der Waals surface area contributed by atoms with Gasteiger partial charge in [-0.1, -0.05) is 51.8 Å². The van der Waals surface area contributed by atoms with Crippen LogP contribution in [0.25, 0.3) is 21.8 Å². The first kappa shape index (κ1) is 16.8. The van der Waals surface area contributed by atoms with Crippen molar-refractivity contribution in [2.45, 2.75) is 11.8 Å². The zero-order valence-corrected chi connectivity index (χ0v) is 17.2. The Morgan fingerprint density at radius 3 is 2.32 bits per heavy atom.